The minimum Gasteiger partial charge on any atom is -0.283 e. The lowest BCUT2D eigenvalue weighted by atomic mass is 10.4. The van der Waals surface area contributed by atoms with Crippen LogP contribution in [0.2, 0.25) is 5.02 Å². The number of urea groups is 1. The fourth-order valence-electron chi connectivity index (χ4n) is 1.25. The molecule has 1 aromatic carbocycles. The summed E-state index contributed by atoms with van der Waals surface area (Å²) in [5.41, 5.74) is 0. The summed E-state index contributed by atoms with van der Waals surface area (Å²) in [5.74, 6) is 0. The predicted octanol–water partition coefficient (Wildman–Crippen LogP) is 2.31. The van der Waals surface area contributed by atoms with E-state index >= 15 is 0 Å². The van der Waals surface area contributed by atoms with Crippen LogP contribution in [-0.4, -0.2) is 19.4 Å². The number of sulfonamides is 1. The molecule has 0 unspecified atom stereocenters. The number of amides is 2. The summed E-state index contributed by atoms with van der Waals surface area (Å²) >= 11 is 6.95. The Hall–Kier alpha value is -1.64. The monoisotopic (exact) mass is 317 g/mol. The van der Waals surface area contributed by atoms with Crippen LogP contribution in [0, 0.1) is 0 Å². The Kier molecular flexibility index (Phi) is 4.03. The fourth-order valence-corrected chi connectivity index (χ4v) is 3.20. The highest BCUT2D eigenvalue weighted by molar-refractivity contribution is 7.90. The van der Waals surface area contributed by atoms with Gasteiger partial charge in [-0.05, 0) is 12.1 Å². The summed E-state index contributed by atoms with van der Waals surface area (Å²) in [7, 11) is -4.01. The average molecular weight is 318 g/mol. The number of benzene rings is 1. The first-order valence-corrected chi connectivity index (χ1v) is 7.71. The fraction of sp³-hybridized carbons (Fsp3) is 0. The van der Waals surface area contributed by atoms with Crippen molar-refractivity contribution < 1.29 is 13.2 Å². The molecule has 19 heavy (non-hydrogen) atoms. The van der Waals surface area contributed by atoms with Crippen molar-refractivity contribution >= 4 is 44.1 Å². The van der Waals surface area contributed by atoms with Gasteiger partial charge in [0.15, 0.2) is 5.13 Å². The summed E-state index contributed by atoms with van der Waals surface area (Å²) < 4.78 is 25.7. The van der Waals surface area contributed by atoms with Crippen molar-refractivity contribution in [3.05, 3.63) is 40.9 Å². The largest absolute Gasteiger partial charge is 0.334 e. The molecule has 0 radical (unpaired) electrons. The lowest BCUT2D eigenvalue weighted by Crippen LogP contribution is -2.34. The Labute approximate surface area is 118 Å². The molecule has 2 amide bonds. The number of carbonyl (C=O) groups excluding carboxylic acids is 1. The predicted molar refractivity (Wildman–Crippen MR) is 72.9 cm³/mol. The molecule has 0 aliphatic carbocycles. The standard InChI is InChI=1S/C10H8ClN3O3S2/c11-7-3-1-2-4-8(7)19(16,17)14-9(15)13-10-12-5-6-18-10/h1-6H,(H2,12,13,14,15). The van der Waals surface area contributed by atoms with Gasteiger partial charge in [-0.1, -0.05) is 23.7 Å². The number of anilines is 1. The van der Waals surface area contributed by atoms with Crippen LogP contribution in [0.4, 0.5) is 9.93 Å². The molecule has 6 nitrogen and oxygen atoms in total. The number of halogens is 1. The van der Waals surface area contributed by atoms with E-state index in [2.05, 4.69) is 10.3 Å². The van der Waals surface area contributed by atoms with Crippen molar-refractivity contribution in [3.8, 4) is 0 Å². The van der Waals surface area contributed by atoms with Crippen LogP contribution in [0.15, 0.2) is 40.7 Å². The molecular weight excluding hydrogens is 310 g/mol. The first-order chi connectivity index (χ1) is 8.99. The van der Waals surface area contributed by atoms with E-state index < -0.39 is 16.1 Å². The van der Waals surface area contributed by atoms with Crippen molar-refractivity contribution in [2.75, 3.05) is 5.32 Å². The molecule has 0 atom stereocenters. The number of hydrogen-bond donors (Lipinski definition) is 2. The topological polar surface area (TPSA) is 88.2 Å². The molecule has 2 N–H and O–H groups in total. The molecule has 0 fully saturated rings. The van der Waals surface area contributed by atoms with E-state index in [9.17, 15) is 13.2 Å². The van der Waals surface area contributed by atoms with Gasteiger partial charge in [-0.25, -0.2) is 22.9 Å². The van der Waals surface area contributed by atoms with Crippen LogP contribution in [0.25, 0.3) is 0 Å². The van der Waals surface area contributed by atoms with Crippen LogP contribution < -0.4 is 10.0 Å². The molecule has 0 saturated heterocycles. The van der Waals surface area contributed by atoms with Crippen molar-refractivity contribution in [2.24, 2.45) is 0 Å². The summed E-state index contributed by atoms with van der Waals surface area (Å²) in [5, 5.41) is 4.29. The minimum absolute atomic E-state index is 0.0389. The number of thiazole rings is 1. The maximum Gasteiger partial charge on any atom is 0.334 e. The van der Waals surface area contributed by atoms with Crippen molar-refractivity contribution in [2.45, 2.75) is 4.90 Å². The lowest BCUT2D eigenvalue weighted by molar-refractivity contribution is 0.256. The van der Waals surface area contributed by atoms with Crippen molar-refractivity contribution in [1.82, 2.24) is 9.71 Å². The van der Waals surface area contributed by atoms with Gasteiger partial charge in [0.1, 0.15) is 4.90 Å². The van der Waals surface area contributed by atoms with Crippen LogP contribution >= 0.6 is 22.9 Å². The second kappa shape index (κ2) is 5.55. The lowest BCUT2D eigenvalue weighted by Gasteiger charge is -2.08. The third-order valence-corrected chi connectivity index (χ3v) is 4.53. The molecule has 1 heterocycles. The van der Waals surface area contributed by atoms with Gasteiger partial charge >= 0.3 is 6.03 Å². The number of rotatable bonds is 3. The van der Waals surface area contributed by atoms with Crippen LogP contribution in [0.3, 0.4) is 0 Å². The van der Waals surface area contributed by atoms with E-state index in [1.165, 1.54) is 35.7 Å². The van der Waals surface area contributed by atoms with E-state index in [1.54, 1.807) is 11.4 Å². The summed E-state index contributed by atoms with van der Waals surface area (Å²) in [6, 6.07) is 4.95. The van der Waals surface area contributed by atoms with Gasteiger partial charge in [0.2, 0.25) is 0 Å². The number of nitrogens with zero attached hydrogens (tertiary/aromatic N) is 1. The molecule has 9 heteroatoms. The SMILES string of the molecule is O=C(Nc1nccs1)NS(=O)(=O)c1ccccc1Cl. The maximum absolute atomic E-state index is 11.9. The zero-order chi connectivity index (χ0) is 13.9. The molecular formula is C10H8ClN3O3S2. The molecule has 2 rings (SSSR count). The minimum atomic E-state index is -4.01. The van der Waals surface area contributed by atoms with E-state index in [4.69, 9.17) is 11.6 Å². The Morgan fingerprint density at radius 2 is 2.05 bits per heavy atom. The van der Waals surface area contributed by atoms with Gasteiger partial charge in [-0.2, -0.15) is 0 Å². The highest BCUT2D eigenvalue weighted by Crippen LogP contribution is 2.20. The van der Waals surface area contributed by atoms with Crippen molar-refractivity contribution in [1.29, 1.82) is 0 Å². The molecule has 0 aliphatic rings. The zero-order valence-corrected chi connectivity index (χ0v) is 11.7. The Morgan fingerprint density at radius 1 is 1.32 bits per heavy atom. The first kappa shape index (κ1) is 13.8. The van der Waals surface area contributed by atoms with Gasteiger partial charge in [0.05, 0.1) is 5.02 Å². The molecule has 0 aliphatic heterocycles. The molecule has 1 aromatic heterocycles. The van der Waals surface area contributed by atoms with E-state index in [0.717, 1.165) is 0 Å². The van der Waals surface area contributed by atoms with E-state index in [0.29, 0.717) is 5.13 Å². The molecule has 0 spiro atoms. The third-order valence-electron chi connectivity index (χ3n) is 2.01. The molecule has 0 bridgehead atoms. The van der Waals surface area contributed by atoms with Crippen LogP contribution in [0.5, 0.6) is 0 Å². The number of nitrogens with one attached hydrogen (secondary N) is 2. The quantitative estimate of drug-likeness (QED) is 0.909. The van der Waals surface area contributed by atoms with Crippen molar-refractivity contribution in [3.63, 3.8) is 0 Å². The van der Waals surface area contributed by atoms with Gasteiger partial charge in [0.25, 0.3) is 10.0 Å². The second-order valence-corrected chi connectivity index (χ2v) is 6.28. The maximum atomic E-state index is 11.9. The van der Waals surface area contributed by atoms with Gasteiger partial charge in [-0.15, -0.1) is 11.3 Å². The number of hydrogen-bond acceptors (Lipinski definition) is 5. The third kappa shape index (κ3) is 3.43. The Morgan fingerprint density at radius 3 is 2.68 bits per heavy atom. The molecule has 2 aromatic rings. The Balaban J connectivity index is 2.14. The first-order valence-electron chi connectivity index (χ1n) is 4.97. The smallest absolute Gasteiger partial charge is 0.283 e. The number of carbonyl (C=O) groups is 1. The van der Waals surface area contributed by atoms with Crippen LogP contribution in [0.1, 0.15) is 0 Å². The summed E-state index contributed by atoms with van der Waals surface area (Å²) in [6.45, 7) is 0. The van der Waals surface area contributed by atoms with E-state index in [1.807, 2.05) is 4.72 Å². The molecule has 100 valence electrons. The zero-order valence-electron chi connectivity index (χ0n) is 9.33. The summed E-state index contributed by atoms with van der Waals surface area (Å²) in [6.07, 6.45) is 1.49. The summed E-state index contributed by atoms with van der Waals surface area (Å²) in [4.78, 5) is 15.2. The average Bonchev–Trinajstić information content (AvgIpc) is 2.81. The highest BCUT2D eigenvalue weighted by Gasteiger charge is 2.20. The van der Waals surface area contributed by atoms with Gasteiger partial charge in [0, 0.05) is 11.6 Å². The highest BCUT2D eigenvalue weighted by atomic mass is 35.5. The Bertz CT molecular complexity index is 686. The molecule has 0 saturated carbocycles. The number of aromatic nitrogens is 1. The van der Waals surface area contributed by atoms with Gasteiger partial charge in [-0.3, -0.25) is 5.32 Å². The normalized spacial score (nSPS) is 11.0. The second-order valence-electron chi connectivity index (χ2n) is 3.33. The van der Waals surface area contributed by atoms with Gasteiger partial charge < -0.3 is 0 Å². The van der Waals surface area contributed by atoms with E-state index in [-0.39, 0.29) is 9.92 Å². The van der Waals surface area contributed by atoms with Crippen LogP contribution in [-0.2, 0) is 10.0 Å².